The third-order valence-electron chi connectivity index (χ3n) is 6.13. The maximum Gasteiger partial charge on any atom is 0.227 e. The number of hydrogen-bond acceptors (Lipinski definition) is 3. The Morgan fingerprint density at radius 1 is 1.23 bits per heavy atom. The van der Waals surface area contributed by atoms with Gasteiger partial charge in [-0.3, -0.25) is 9.89 Å². The number of aromatic nitrogens is 4. The number of benzene rings is 2. The number of nitrogens with one attached hydrogen (secondary N) is 1. The Kier molecular flexibility index (Phi) is 5.02. The third-order valence-corrected chi connectivity index (χ3v) is 6.13. The Balaban J connectivity index is 1.27. The fourth-order valence-corrected chi connectivity index (χ4v) is 4.62. The number of carbonyl (C=O) groups excluding carboxylic acids is 1. The molecule has 31 heavy (non-hydrogen) atoms. The van der Waals surface area contributed by atoms with Crippen LogP contribution in [0.15, 0.2) is 61.2 Å². The van der Waals surface area contributed by atoms with Crippen molar-refractivity contribution in [3.63, 3.8) is 0 Å². The highest BCUT2D eigenvalue weighted by molar-refractivity contribution is 5.82. The largest absolute Gasteiger partial charge is 0.339 e. The van der Waals surface area contributed by atoms with Gasteiger partial charge < -0.3 is 9.47 Å². The predicted octanol–water partition coefficient (Wildman–Crippen LogP) is 4.05. The minimum atomic E-state index is -0.305. The summed E-state index contributed by atoms with van der Waals surface area (Å²) in [5.41, 5.74) is 4.87. The second-order valence-electron chi connectivity index (χ2n) is 8.39. The molecule has 0 aliphatic carbocycles. The molecule has 1 amide bonds. The van der Waals surface area contributed by atoms with Crippen LogP contribution in [-0.2, 0) is 17.8 Å². The highest BCUT2D eigenvalue weighted by Crippen LogP contribution is 2.28. The van der Waals surface area contributed by atoms with E-state index in [0.717, 1.165) is 40.7 Å². The van der Waals surface area contributed by atoms with E-state index in [1.54, 1.807) is 18.3 Å². The number of hydrogen-bond donors (Lipinski definition) is 1. The summed E-state index contributed by atoms with van der Waals surface area (Å²) in [4.78, 5) is 19.3. The quantitative estimate of drug-likeness (QED) is 0.533. The van der Waals surface area contributed by atoms with Gasteiger partial charge in [0, 0.05) is 30.9 Å². The van der Waals surface area contributed by atoms with Gasteiger partial charge in [0.15, 0.2) is 0 Å². The Morgan fingerprint density at radius 2 is 2.13 bits per heavy atom. The van der Waals surface area contributed by atoms with Crippen molar-refractivity contribution in [2.24, 2.45) is 5.92 Å². The molecule has 1 saturated heterocycles. The average Bonchev–Trinajstić information content (AvgIpc) is 3.49. The van der Waals surface area contributed by atoms with Gasteiger partial charge in [-0.25, -0.2) is 9.37 Å². The first-order chi connectivity index (χ1) is 15.1. The molecule has 0 unspecified atom stereocenters. The number of aromatic amines is 1. The van der Waals surface area contributed by atoms with Crippen molar-refractivity contribution in [3.05, 3.63) is 72.6 Å². The van der Waals surface area contributed by atoms with Crippen LogP contribution in [0.3, 0.4) is 0 Å². The lowest BCUT2D eigenvalue weighted by Crippen LogP contribution is -2.35. The lowest BCUT2D eigenvalue weighted by molar-refractivity contribution is -0.131. The first kappa shape index (κ1) is 19.5. The molecule has 0 bridgehead atoms. The van der Waals surface area contributed by atoms with Gasteiger partial charge in [0.05, 0.1) is 30.0 Å². The molecule has 1 fully saturated rings. The molecule has 1 aliphatic rings. The van der Waals surface area contributed by atoms with Gasteiger partial charge in [0.1, 0.15) is 5.82 Å². The molecule has 5 rings (SSSR count). The van der Waals surface area contributed by atoms with Crippen molar-refractivity contribution in [3.8, 4) is 11.1 Å². The van der Waals surface area contributed by atoms with Crippen LogP contribution >= 0.6 is 0 Å². The van der Waals surface area contributed by atoms with Crippen LogP contribution in [0.4, 0.5) is 4.39 Å². The topological polar surface area (TPSA) is 66.8 Å². The third kappa shape index (κ3) is 3.95. The van der Waals surface area contributed by atoms with Gasteiger partial charge in [-0.1, -0.05) is 18.2 Å². The number of H-pyrrole nitrogens is 1. The van der Waals surface area contributed by atoms with Crippen LogP contribution in [0.2, 0.25) is 0 Å². The van der Waals surface area contributed by atoms with E-state index in [2.05, 4.69) is 44.9 Å². The van der Waals surface area contributed by atoms with Gasteiger partial charge in [-0.15, -0.1) is 0 Å². The van der Waals surface area contributed by atoms with E-state index < -0.39 is 0 Å². The molecule has 0 saturated carbocycles. The normalized spacial score (nSPS) is 18.7. The molecular formula is C24H24FN5O. The minimum absolute atomic E-state index is 0.0563. The molecule has 2 aromatic heterocycles. The van der Waals surface area contributed by atoms with Gasteiger partial charge >= 0.3 is 0 Å². The number of carbonyl (C=O) groups is 1. The predicted molar refractivity (Wildman–Crippen MR) is 117 cm³/mol. The summed E-state index contributed by atoms with van der Waals surface area (Å²) >= 11 is 0. The summed E-state index contributed by atoms with van der Waals surface area (Å²) in [5, 5.41) is 6.85. The highest BCUT2D eigenvalue weighted by atomic mass is 19.1. The summed E-state index contributed by atoms with van der Waals surface area (Å²) in [7, 11) is 0. The van der Waals surface area contributed by atoms with Gasteiger partial charge in [-0.2, -0.15) is 5.10 Å². The zero-order valence-corrected chi connectivity index (χ0v) is 17.3. The molecule has 6 nitrogen and oxygen atoms in total. The van der Waals surface area contributed by atoms with E-state index >= 15 is 0 Å². The molecule has 2 aromatic carbocycles. The van der Waals surface area contributed by atoms with Gasteiger partial charge in [0.2, 0.25) is 5.91 Å². The Bertz CT molecular complexity index is 1220. The maximum atomic E-state index is 13.4. The lowest BCUT2D eigenvalue weighted by atomic mass is 10.1. The van der Waals surface area contributed by atoms with Crippen LogP contribution in [0.5, 0.6) is 0 Å². The number of fused-ring (bicyclic) bond motifs is 1. The number of imidazole rings is 1. The molecule has 158 valence electrons. The Morgan fingerprint density at radius 3 is 2.94 bits per heavy atom. The van der Waals surface area contributed by atoms with Crippen LogP contribution in [0.1, 0.15) is 18.9 Å². The summed E-state index contributed by atoms with van der Waals surface area (Å²) in [6.45, 7) is 3.62. The lowest BCUT2D eigenvalue weighted by Gasteiger charge is -2.21. The van der Waals surface area contributed by atoms with Crippen molar-refractivity contribution in [2.75, 3.05) is 6.54 Å². The van der Waals surface area contributed by atoms with Crippen molar-refractivity contribution in [1.82, 2.24) is 24.6 Å². The van der Waals surface area contributed by atoms with Crippen LogP contribution in [0.25, 0.3) is 22.2 Å². The van der Waals surface area contributed by atoms with Crippen LogP contribution < -0.4 is 0 Å². The number of amides is 1. The summed E-state index contributed by atoms with van der Waals surface area (Å²) in [6, 6.07) is 12.7. The van der Waals surface area contributed by atoms with E-state index in [9.17, 15) is 9.18 Å². The second-order valence-corrected chi connectivity index (χ2v) is 8.39. The zero-order chi connectivity index (χ0) is 21.4. The molecular weight excluding hydrogens is 393 g/mol. The highest BCUT2D eigenvalue weighted by Gasteiger charge is 2.32. The minimum Gasteiger partial charge on any atom is -0.339 e. The Hall–Kier alpha value is -3.48. The van der Waals surface area contributed by atoms with E-state index in [1.807, 2.05) is 17.4 Å². The van der Waals surface area contributed by atoms with E-state index in [-0.39, 0.29) is 24.2 Å². The monoisotopic (exact) mass is 417 g/mol. The fourth-order valence-electron chi connectivity index (χ4n) is 4.62. The maximum absolute atomic E-state index is 13.4. The first-order valence-electron chi connectivity index (χ1n) is 10.5. The summed E-state index contributed by atoms with van der Waals surface area (Å²) < 4.78 is 15.6. The SMILES string of the molecule is C[C@H]1C[C@H](Cn2cnc3cc(-c4cn[nH]c4)ccc32)CN1C(=O)Cc1cccc(F)c1. The number of likely N-dealkylation sites (tertiary alicyclic amines) is 1. The molecule has 0 radical (unpaired) electrons. The van der Waals surface area contributed by atoms with Crippen LogP contribution in [-0.4, -0.2) is 43.1 Å². The molecule has 0 spiro atoms. The summed E-state index contributed by atoms with van der Waals surface area (Å²) in [5.74, 6) is 0.110. The van der Waals surface area contributed by atoms with Crippen LogP contribution in [0, 0.1) is 11.7 Å². The van der Waals surface area contributed by atoms with Crippen molar-refractivity contribution >= 4 is 16.9 Å². The number of nitrogens with zero attached hydrogens (tertiary/aromatic N) is 4. The van der Waals surface area contributed by atoms with E-state index in [0.29, 0.717) is 12.5 Å². The van der Waals surface area contributed by atoms with Crippen molar-refractivity contribution in [1.29, 1.82) is 0 Å². The van der Waals surface area contributed by atoms with E-state index in [4.69, 9.17) is 0 Å². The molecule has 4 aromatic rings. The average molecular weight is 417 g/mol. The van der Waals surface area contributed by atoms with Gasteiger partial charge in [0.25, 0.3) is 0 Å². The fraction of sp³-hybridized carbons (Fsp3) is 0.292. The first-order valence-corrected chi connectivity index (χ1v) is 10.5. The molecule has 3 heterocycles. The molecule has 2 atom stereocenters. The Labute approximate surface area is 179 Å². The second kappa shape index (κ2) is 7.98. The van der Waals surface area contributed by atoms with Crippen molar-refractivity contribution < 1.29 is 9.18 Å². The molecule has 1 N–H and O–H groups in total. The summed E-state index contributed by atoms with van der Waals surface area (Å²) in [6.07, 6.45) is 6.73. The molecule has 1 aliphatic heterocycles. The smallest absolute Gasteiger partial charge is 0.227 e. The van der Waals surface area contributed by atoms with Crippen molar-refractivity contribution in [2.45, 2.75) is 32.4 Å². The standard InChI is InChI=1S/C24H24FN5O/c1-16-7-18(14-30(16)24(31)9-17-3-2-4-21(25)8-17)13-29-15-26-22-10-19(5-6-23(22)29)20-11-27-28-12-20/h2-6,8,10-12,15-16,18H,7,9,13-14H2,1H3,(H,27,28)/t16-,18+/m0/s1. The number of halogens is 1. The molecule has 7 heteroatoms. The van der Waals surface area contributed by atoms with E-state index in [1.165, 1.54) is 12.1 Å². The number of rotatable bonds is 5. The van der Waals surface area contributed by atoms with Gasteiger partial charge in [-0.05, 0) is 54.7 Å². The zero-order valence-electron chi connectivity index (χ0n) is 17.3.